The molecule has 2 aliphatic carbocycles. The van der Waals surface area contributed by atoms with Gasteiger partial charge < -0.3 is 0 Å². The molecule has 0 bridgehead atoms. The zero-order chi connectivity index (χ0) is 26.8. The van der Waals surface area contributed by atoms with Crippen molar-refractivity contribution in [3.63, 3.8) is 0 Å². The molecule has 172 valence electrons. The first-order valence-electron chi connectivity index (χ1n) is 11.5. The molecular formula is C32H14N6. The molecule has 0 fully saturated rings. The molecule has 2 aliphatic rings. The fraction of sp³-hybridized carbons (Fsp3) is 0.0625. The number of hydrogen-bond acceptors (Lipinski definition) is 3. The van der Waals surface area contributed by atoms with Gasteiger partial charge in [-0.2, -0.15) is 25.5 Å². The number of nitriles is 3. The standard InChI is InChI=1S/C32H14N6/c1-36-25-9-5-8-21(11-25)31-27-12-22-14-28(24(17-34)18-35)30(20-7-4-6-19(10-20)16-33)26(22)13-23(27)15-29(31)32(37-2)38-3/h4-13H,14-15H2. The Bertz CT molecular complexity index is 1850. The average Bonchev–Trinajstić information content (AvgIpc) is 3.51. The van der Waals surface area contributed by atoms with E-state index in [4.69, 9.17) is 19.7 Å². The minimum absolute atomic E-state index is 0.00710. The first kappa shape index (κ1) is 23.6. The summed E-state index contributed by atoms with van der Waals surface area (Å²) in [6.07, 6.45) is 0.728. The summed E-state index contributed by atoms with van der Waals surface area (Å²) in [6, 6.07) is 24.4. The average molecular weight is 483 g/mol. The second-order valence-electron chi connectivity index (χ2n) is 8.73. The number of allylic oxidation sites excluding steroid dienone is 3. The second-order valence-corrected chi connectivity index (χ2v) is 8.73. The van der Waals surface area contributed by atoms with Crippen LogP contribution in [0.25, 0.3) is 25.7 Å². The van der Waals surface area contributed by atoms with Crippen LogP contribution in [0.15, 0.2) is 83.2 Å². The van der Waals surface area contributed by atoms with Gasteiger partial charge in [0.2, 0.25) is 0 Å². The monoisotopic (exact) mass is 482 g/mol. The van der Waals surface area contributed by atoms with Crippen molar-refractivity contribution in [2.45, 2.75) is 12.8 Å². The lowest BCUT2D eigenvalue weighted by molar-refractivity contribution is 1.18. The largest absolute Gasteiger partial charge is 0.523 e. The molecule has 0 radical (unpaired) electrons. The molecule has 38 heavy (non-hydrogen) atoms. The molecule has 6 nitrogen and oxygen atoms in total. The van der Waals surface area contributed by atoms with E-state index in [9.17, 15) is 15.8 Å². The van der Waals surface area contributed by atoms with Crippen molar-refractivity contribution in [2.75, 3.05) is 0 Å². The van der Waals surface area contributed by atoms with Gasteiger partial charge in [0.15, 0.2) is 5.69 Å². The Labute approximate surface area is 219 Å². The van der Waals surface area contributed by atoms with E-state index in [-0.39, 0.29) is 11.4 Å². The Morgan fingerprint density at radius 1 is 0.711 bits per heavy atom. The Balaban J connectivity index is 1.91. The van der Waals surface area contributed by atoms with Crippen LogP contribution in [0.2, 0.25) is 0 Å². The predicted octanol–water partition coefficient (Wildman–Crippen LogP) is 5.01. The molecule has 0 spiro atoms. The van der Waals surface area contributed by atoms with Crippen molar-refractivity contribution in [3.8, 4) is 18.2 Å². The molecular weight excluding hydrogens is 468 g/mol. The van der Waals surface area contributed by atoms with Crippen LogP contribution < -0.4 is 10.4 Å². The summed E-state index contributed by atoms with van der Waals surface area (Å²) in [4.78, 5) is 10.5. The number of rotatable bonds is 2. The molecule has 0 amide bonds. The molecule has 0 unspecified atom stereocenters. The van der Waals surface area contributed by atoms with Crippen LogP contribution in [-0.2, 0) is 12.8 Å². The van der Waals surface area contributed by atoms with E-state index in [2.05, 4.69) is 20.6 Å². The molecule has 0 heterocycles. The van der Waals surface area contributed by atoms with Crippen molar-refractivity contribution < 1.29 is 0 Å². The van der Waals surface area contributed by atoms with Gasteiger partial charge in [-0.1, -0.05) is 30.3 Å². The van der Waals surface area contributed by atoms with Crippen LogP contribution >= 0.6 is 0 Å². The first-order valence-corrected chi connectivity index (χ1v) is 11.5. The van der Waals surface area contributed by atoms with E-state index in [0.717, 1.165) is 43.8 Å². The molecule has 0 aromatic heterocycles. The van der Waals surface area contributed by atoms with Gasteiger partial charge in [-0.15, -0.1) is 0 Å². The fourth-order valence-electron chi connectivity index (χ4n) is 5.19. The molecule has 0 saturated heterocycles. The lowest BCUT2D eigenvalue weighted by Gasteiger charge is -2.07. The third kappa shape index (κ3) is 3.70. The number of hydrogen-bond donors (Lipinski definition) is 0. The van der Waals surface area contributed by atoms with E-state index in [0.29, 0.717) is 35.2 Å². The van der Waals surface area contributed by atoms with Gasteiger partial charge in [0.1, 0.15) is 30.9 Å². The topological polar surface area (TPSA) is 84.5 Å². The maximum Gasteiger partial charge on any atom is 0.523 e. The van der Waals surface area contributed by atoms with Crippen LogP contribution in [0.4, 0.5) is 5.69 Å². The SMILES string of the molecule is [C-]#[N+]C([N+]#[C-])=C1Cc2cc3c(cc2=C1c1cccc([N+]#[C-])c1)CC(=C(C#N)C#N)C=3c1cccc(C#N)c1. The second kappa shape index (κ2) is 9.46. The molecule has 0 saturated carbocycles. The van der Waals surface area contributed by atoms with Crippen LogP contribution in [0.1, 0.15) is 27.8 Å². The van der Waals surface area contributed by atoms with Crippen LogP contribution in [-0.4, -0.2) is 0 Å². The van der Waals surface area contributed by atoms with Crippen molar-refractivity contribution in [3.05, 3.63) is 156 Å². The summed E-state index contributed by atoms with van der Waals surface area (Å²) >= 11 is 0. The Morgan fingerprint density at radius 3 is 1.87 bits per heavy atom. The van der Waals surface area contributed by atoms with Gasteiger partial charge in [-0.05, 0) is 86.2 Å². The highest BCUT2D eigenvalue weighted by Crippen LogP contribution is 2.35. The lowest BCUT2D eigenvalue weighted by Crippen LogP contribution is -2.17. The number of benzene rings is 3. The van der Waals surface area contributed by atoms with E-state index in [1.165, 1.54) is 0 Å². The van der Waals surface area contributed by atoms with Crippen molar-refractivity contribution in [2.24, 2.45) is 0 Å². The van der Waals surface area contributed by atoms with Crippen molar-refractivity contribution in [1.29, 1.82) is 15.8 Å². The highest BCUT2D eigenvalue weighted by Gasteiger charge is 2.30. The Hall–Kier alpha value is -6.18. The minimum atomic E-state index is -0.00710. The van der Waals surface area contributed by atoms with Gasteiger partial charge in [-0.25, -0.2) is 4.85 Å². The molecule has 0 aliphatic heterocycles. The summed E-state index contributed by atoms with van der Waals surface area (Å²) in [7, 11) is 0. The van der Waals surface area contributed by atoms with E-state index in [1.807, 2.05) is 36.4 Å². The Morgan fingerprint density at radius 2 is 1.29 bits per heavy atom. The molecule has 3 aromatic carbocycles. The summed E-state index contributed by atoms with van der Waals surface area (Å²) < 4.78 is 0. The van der Waals surface area contributed by atoms with E-state index in [1.54, 1.807) is 36.4 Å². The number of nitrogens with zero attached hydrogens (tertiary/aromatic N) is 6. The summed E-state index contributed by atoms with van der Waals surface area (Å²) in [5.41, 5.74) is 7.00. The first-order chi connectivity index (χ1) is 18.6. The number of fused-ring (bicyclic) bond motifs is 2. The maximum atomic E-state index is 9.70. The molecule has 3 aromatic rings. The van der Waals surface area contributed by atoms with Gasteiger partial charge in [-0.3, -0.25) is 0 Å². The third-order valence-electron chi connectivity index (χ3n) is 6.76. The predicted molar refractivity (Wildman–Crippen MR) is 140 cm³/mol. The summed E-state index contributed by atoms with van der Waals surface area (Å²) in [5, 5.41) is 30.6. The molecule has 5 rings (SSSR count). The van der Waals surface area contributed by atoms with E-state index < -0.39 is 0 Å². The maximum absolute atomic E-state index is 9.70. The highest BCUT2D eigenvalue weighted by atomic mass is 14.9. The highest BCUT2D eigenvalue weighted by molar-refractivity contribution is 5.89. The fourth-order valence-corrected chi connectivity index (χ4v) is 5.19. The van der Waals surface area contributed by atoms with Gasteiger partial charge in [0.05, 0.1) is 23.8 Å². The van der Waals surface area contributed by atoms with Gasteiger partial charge >= 0.3 is 5.82 Å². The van der Waals surface area contributed by atoms with Crippen molar-refractivity contribution >= 4 is 16.8 Å². The summed E-state index contributed by atoms with van der Waals surface area (Å²) in [5.74, 6) is -0.00710. The zero-order valence-electron chi connectivity index (χ0n) is 19.9. The van der Waals surface area contributed by atoms with Crippen LogP contribution in [0.5, 0.6) is 0 Å². The smallest absolute Gasteiger partial charge is 0.238 e. The summed E-state index contributed by atoms with van der Waals surface area (Å²) in [6.45, 7) is 22.6. The van der Waals surface area contributed by atoms with Crippen molar-refractivity contribution in [1.82, 2.24) is 0 Å². The molecule has 0 atom stereocenters. The van der Waals surface area contributed by atoms with Crippen LogP contribution in [0.3, 0.4) is 0 Å². The van der Waals surface area contributed by atoms with E-state index >= 15 is 0 Å². The normalized spacial score (nSPS) is 12.7. The lowest BCUT2D eigenvalue weighted by atomic mass is 9.94. The minimum Gasteiger partial charge on any atom is -0.238 e. The third-order valence-corrected chi connectivity index (χ3v) is 6.76. The van der Waals surface area contributed by atoms with Gasteiger partial charge in [0.25, 0.3) is 0 Å². The quantitative estimate of drug-likeness (QED) is 0.380. The molecule has 6 heteroatoms. The van der Waals surface area contributed by atoms with Gasteiger partial charge in [0, 0.05) is 6.42 Å². The Kier molecular flexibility index (Phi) is 5.87. The van der Waals surface area contributed by atoms with Crippen LogP contribution in [0, 0.1) is 53.7 Å². The zero-order valence-corrected chi connectivity index (χ0v) is 19.9. The molecule has 0 N–H and O–H groups in total.